The van der Waals surface area contributed by atoms with Crippen LogP contribution in [0.25, 0.3) is 0 Å². The van der Waals surface area contributed by atoms with Gasteiger partial charge in [0.15, 0.2) is 0 Å². The summed E-state index contributed by atoms with van der Waals surface area (Å²) in [5.41, 5.74) is 10.7. The minimum atomic E-state index is 0.567. The number of rotatable bonds is 4. The first-order valence-corrected chi connectivity index (χ1v) is 6.77. The molecule has 3 heteroatoms. The van der Waals surface area contributed by atoms with Gasteiger partial charge in [-0.25, -0.2) is 9.97 Å². The predicted octanol–water partition coefficient (Wildman–Crippen LogP) is 3.22. The number of aromatic nitrogens is 2. The van der Waals surface area contributed by atoms with Crippen molar-refractivity contribution in [3.63, 3.8) is 0 Å². The molecule has 1 heterocycles. The van der Waals surface area contributed by atoms with Crippen LogP contribution < -0.4 is 5.73 Å². The molecule has 0 saturated heterocycles. The number of aryl methyl sites for hydroxylation is 3. The summed E-state index contributed by atoms with van der Waals surface area (Å²) in [6.45, 7) is 6.39. The van der Waals surface area contributed by atoms with Gasteiger partial charge in [-0.3, -0.25) is 0 Å². The summed E-state index contributed by atoms with van der Waals surface area (Å²) in [5, 5.41) is 0. The summed E-state index contributed by atoms with van der Waals surface area (Å²) >= 11 is 0. The quantitative estimate of drug-likeness (QED) is 0.912. The van der Waals surface area contributed by atoms with Crippen LogP contribution in [0.3, 0.4) is 0 Å². The Labute approximate surface area is 114 Å². The van der Waals surface area contributed by atoms with Gasteiger partial charge in [-0.1, -0.05) is 31.5 Å². The Kier molecular flexibility index (Phi) is 4.15. The number of benzene rings is 1. The van der Waals surface area contributed by atoms with Crippen molar-refractivity contribution in [2.45, 2.75) is 40.0 Å². The molecular formula is C16H21N3. The number of hydrogen-bond acceptors (Lipinski definition) is 3. The summed E-state index contributed by atoms with van der Waals surface area (Å²) < 4.78 is 0. The van der Waals surface area contributed by atoms with E-state index in [4.69, 9.17) is 5.73 Å². The van der Waals surface area contributed by atoms with Crippen molar-refractivity contribution in [2.75, 3.05) is 5.73 Å². The molecule has 1 aromatic carbocycles. The summed E-state index contributed by atoms with van der Waals surface area (Å²) in [7, 11) is 0. The van der Waals surface area contributed by atoms with E-state index < -0.39 is 0 Å². The molecule has 0 bridgehead atoms. The third kappa shape index (κ3) is 3.53. The van der Waals surface area contributed by atoms with Crippen molar-refractivity contribution >= 4 is 5.82 Å². The van der Waals surface area contributed by atoms with Crippen molar-refractivity contribution in [1.29, 1.82) is 0 Å². The Balaban J connectivity index is 2.24. The highest BCUT2D eigenvalue weighted by molar-refractivity contribution is 5.34. The molecule has 0 atom stereocenters. The van der Waals surface area contributed by atoms with Crippen LogP contribution in [0.1, 0.15) is 41.6 Å². The van der Waals surface area contributed by atoms with Crippen LogP contribution in [-0.2, 0) is 12.8 Å². The smallest absolute Gasteiger partial charge is 0.135 e. The number of nitrogens with two attached hydrogens (primary N) is 1. The van der Waals surface area contributed by atoms with Crippen molar-refractivity contribution in [1.82, 2.24) is 9.97 Å². The van der Waals surface area contributed by atoms with E-state index >= 15 is 0 Å². The maximum Gasteiger partial charge on any atom is 0.135 e. The molecular weight excluding hydrogens is 234 g/mol. The van der Waals surface area contributed by atoms with E-state index in [1.807, 2.05) is 6.07 Å². The van der Waals surface area contributed by atoms with Crippen molar-refractivity contribution < 1.29 is 0 Å². The maximum absolute atomic E-state index is 5.85. The normalized spacial score (nSPS) is 10.7. The zero-order valence-electron chi connectivity index (χ0n) is 11.9. The summed E-state index contributed by atoms with van der Waals surface area (Å²) in [6, 6.07) is 8.34. The third-order valence-electron chi connectivity index (χ3n) is 3.29. The molecule has 0 spiro atoms. The Morgan fingerprint density at radius 3 is 2.53 bits per heavy atom. The van der Waals surface area contributed by atoms with E-state index in [0.29, 0.717) is 5.82 Å². The maximum atomic E-state index is 5.85. The Morgan fingerprint density at radius 1 is 1.05 bits per heavy atom. The molecule has 2 N–H and O–H groups in total. The summed E-state index contributed by atoms with van der Waals surface area (Å²) in [6.07, 6.45) is 2.76. The zero-order chi connectivity index (χ0) is 13.8. The van der Waals surface area contributed by atoms with Crippen LogP contribution in [0, 0.1) is 13.8 Å². The average Bonchev–Trinajstić information content (AvgIpc) is 2.33. The lowest BCUT2D eigenvalue weighted by Gasteiger charge is -2.07. The van der Waals surface area contributed by atoms with E-state index in [1.54, 1.807) is 0 Å². The molecule has 0 aliphatic carbocycles. The topological polar surface area (TPSA) is 51.8 Å². The molecule has 0 amide bonds. The summed E-state index contributed by atoms with van der Waals surface area (Å²) in [4.78, 5) is 8.91. The molecule has 0 saturated carbocycles. The van der Waals surface area contributed by atoms with Crippen LogP contribution in [0.4, 0.5) is 5.82 Å². The minimum absolute atomic E-state index is 0.567. The lowest BCUT2D eigenvalue weighted by Crippen LogP contribution is -2.04. The number of nitrogen functional groups attached to an aromatic ring is 1. The molecule has 0 unspecified atom stereocenters. The molecule has 100 valence electrons. The van der Waals surface area contributed by atoms with Crippen LogP contribution in [0.15, 0.2) is 24.3 Å². The minimum Gasteiger partial charge on any atom is -0.384 e. The van der Waals surface area contributed by atoms with Gasteiger partial charge in [-0.15, -0.1) is 0 Å². The lowest BCUT2D eigenvalue weighted by molar-refractivity contribution is 0.844. The third-order valence-corrected chi connectivity index (χ3v) is 3.29. The van der Waals surface area contributed by atoms with E-state index in [2.05, 4.69) is 48.9 Å². The highest BCUT2D eigenvalue weighted by atomic mass is 14.9. The average molecular weight is 255 g/mol. The summed E-state index contributed by atoms with van der Waals surface area (Å²) in [5.74, 6) is 1.38. The molecule has 0 aliphatic heterocycles. The van der Waals surface area contributed by atoms with Gasteiger partial charge >= 0.3 is 0 Å². The first-order chi connectivity index (χ1) is 9.08. The standard InChI is InChI=1S/C16H21N3/c1-4-5-14-10-15(17)19-16(18-14)9-13-7-6-11(2)12(3)8-13/h6-8,10H,4-5,9H2,1-3H3,(H2,17,18,19). The van der Waals surface area contributed by atoms with Crippen LogP contribution in [0.2, 0.25) is 0 Å². The second-order valence-electron chi connectivity index (χ2n) is 5.05. The van der Waals surface area contributed by atoms with Gasteiger partial charge in [0.25, 0.3) is 0 Å². The van der Waals surface area contributed by atoms with Gasteiger partial charge < -0.3 is 5.73 Å². The zero-order valence-corrected chi connectivity index (χ0v) is 11.9. The lowest BCUT2D eigenvalue weighted by atomic mass is 10.0. The van der Waals surface area contributed by atoms with E-state index in [0.717, 1.165) is 30.8 Å². The second-order valence-corrected chi connectivity index (χ2v) is 5.05. The Morgan fingerprint density at radius 2 is 1.84 bits per heavy atom. The van der Waals surface area contributed by atoms with Crippen LogP contribution in [-0.4, -0.2) is 9.97 Å². The van der Waals surface area contributed by atoms with Crippen molar-refractivity contribution in [3.05, 3.63) is 52.5 Å². The first kappa shape index (κ1) is 13.5. The van der Waals surface area contributed by atoms with Gasteiger partial charge in [-0.2, -0.15) is 0 Å². The number of anilines is 1. The first-order valence-electron chi connectivity index (χ1n) is 6.77. The second kappa shape index (κ2) is 5.83. The largest absolute Gasteiger partial charge is 0.384 e. The van der Waals surface area contributed by atoms with E-state index in [9.17, 15) is 0 Å². The molecule has 0 radical (unpaired) electrons. The molecule has 2 aromatic rings. The fraction of sp³-hybridized carbons (Fsp3) is 0.375. The predicted molar refractivity (Wildman–Crippen MR) is 79.2 cm³/mol. The van der Waals surface area contributed by atoms with Crippen LogP contribution in [0.5, 0.6) is 0 Å². The Bertz CT molecular complexity index is 576. The Hall–Kier alpha value is -1.90. The highest BCUT2D eigenvalue weighted by Crippen LogP contribution is 2.14. The van der Waals surface area contributed by atoms with E-state index in [-0.39, 0.29) is 0 Å². The highest BCUT2D eigenvalue weighted by Gasteiger charge is 2.05. The van der Waals surface area contributed by atoms with Gasteiger partial charge in [0.05, 0.1) is 0 Å². The molecule has 0 aliphatic rings. The fourth-order valence-electron chi connectivity index (χ4n) is 2.13. The van der Waals surface area contributed by atoms with Gasteiger partial charge in [0, 0.05) is 18.2 Å². The van der Waals surface area contributed by atoms with Crippen LogP contribution >= 0.6 is 0 Å². The van der Waals surface area contributed by atoms with E-state index in [1.165, 1.54) is 16.7 Å². The molecule has 2 rings (SSSR count). The molecule has 19 heavy (non-hydrogen) atoms. The fourth-order valence-corrected chi connectivity index (χ4v) is 2.13. The molecule has 1 aromatic heterocycles. The molecule has 3 nitrogen and oxygen atoms in total. The number of nitrogens with zero attached hydrogens (tertiary/aromatic N) is 2. The van der Waals surface area contributed by atoms with Crippen molar-refractivity contribution in [3.8, 4) is 0 Å². The van der Waals surface area contributed by atoms with Crippen molar-refractivity contribution in [2.24, 2.45) is 0 Å². The monoisotopic (exact) mass is 255 g/mol. The van der Waals surface area contributed by atoms with Gasteiger partial charge in [-0.05, 0) is 37.0 Å². The molecule has 0 fully saturated rings. The van der Waals surface area contributed by atoms with Gasteiger partial charge in [0.1, 0.15) is 11.6 Å². The van der Waals surface area contributed by atoms with Gasteiger partial charge in [0.2, 0.25) is 0 Å². The SMILES string of the molecule is CCCc1cc(N)nc(Cc2ccc(C)c(C)c2)n1. The number of hydrogen-bond donors (Lipinski definition) is 1.